The van der Waals surface area contributed by atoms with Crippen molar-refractivity contribution in [1.82, 2.24) is 19.8 Å². The van der Waals surface area contributed by atoms with E-state index in [2.05, 4.69) is 10.3 Å². The van der Waals surface area contributed by atoms with Crippen LogP contribution in [0.2, 0.25) is 0 Å². The lowest BCUT2D eigenvalue weighted by Gasteiger charge is -2.47. The number of piperidine rings is 1. The number of hydrogen-bond donors (Lipinski definition) is 2. The minimum absolute atomic E-state index is 0.0477. The van der Waals surface area contributed by atoms with E-state index in [4.69, 9.17) is 5.73 Å². The highest BCUT2D eigenvalue weighted by Crippen LogP contribution is 2.41. The van der Waals surface area contributed by atoms with Crippen molar-refractivity contribution >= 4 is 28.3 Å². The van der Waals surface area contributed by atoms with Crippen molar-refractivity contribution in [3.05, 3.63) is 45.3 Å². The molecule has 0 spiro atoms. The smallest absolute Gasteiger partial charge is 0.251 e. The van der Waals surface area contributed by atoms with Gasteiger partial charge in [-0.3, -0.25) is 14.4 Å². The lowest BCUT2D eigenvalue weighted by atomic mass is 9.78. The minimum atomic E-state index is -0.146. The Bertz CT molecular complexity index is 984. The van der Waals surface area contributed by atoms with Gasteiger partial charge in [0.15, 0.2) is 5.13 Å². The Hall–Kier alpha value is -2.68. The predicted octanol–water partition coefficient (Wildman–Crippen LogP) is 1.14. The maximum atomic E-state index is 12.9. The van der Waals surface area contributed by atoms with Gasteiger partial charge < -0.3 is 20.5 Å². The fourth-order valence-electron chi connectivity index (χ4n) is 4.59. The number of aryl methyl sites for hydroxylation is 1. The van der Waals surface area contributed by atoms with Crippen LogP contribution in [-0.4, -0.2) is 45.9 Å². The lowest BCUT2D eigenvalue weighted by Crippen LogP contribution is -2.53. The number of nitrogens with one attached hydrogen (secondary N) is 1. The molecule has 2 aromatic rings. The molecule has 29 heavy (non-hydrogen) atoms. The second-order valence-corrected chi connectivity index (χ2v) is 8.72. The fourth-order valence-corrected chi connectivity index (χ4v) is 5.18. The SMILES string of the molecule is CC(=O)NC[C@H]1[C@H]2C[C@H](CN(C(=O)CCc3csc(N)n3)C2)c2cccc(=O)n21. The quantitative estimate of drug-likeness (QED) is 0.761. The number of carbonyl (C=O) groups is 2. The number of anilines is 1. The molecular formula is C20H25N5O3S. The number of rotatable bonds is 5. The van der Waals surface area contributed by atoms with Gasteiger partial charge >= 0.3 is 0 Å². The van der Waals surface area contributed by atoms with Crippen LogP contribution in [0.15, 0.2) is 28.4 Å². The van der Waals surface area contributed by atoms with Gasteiger partial charge in [-0.2, -0.15) is 0 Å². The molecule has 9 heteroatoms. The van der Waals surface area contributed by atoms with Crippen molar-refractivity contribution < 1.29 is 9.59 Å². The molecule has 154 valence electrons. The highest BCUT2D eigenvalue weighted by Gasteiger charge is 2.41. The van der Waals surface area contributed by atoms with Gasteiger partial charge in [0.1, 0.15) is 0 Å². The number of pyridine rings is 1. The molecule has 2 amide bonds. The first-order valence-corrected chi connectivity index (χ1v) is 10.7. The van der Waals surface area contributed by atoms with Crippen molar-refractivity contribution in [3.63, 3.8) is 0 Å². The number of likely N-dealkylation sites (tertiary alicyclic amines) is 1. The van der Waals surface area contributed by atoms with Crippen LogP contribution in [0.4, 0.5) is 5.13 Å². The van der Waals surface area contributed by atoms with E-state index in [0.29, 0.717) is 37.6 Å². The van der Waals surface area contributed by atoms with Gasteiger partial charge in [0.2, 0.25) is 11.8 Å². The van der Waals surface area contributed by atoms with E-state index < -0.39 is 0 Å². The second kappa shape index (κ2) is 7.98. The number of hydrogen-bond acceptors (Lipinski definition) is 6. The Morgan fingerprint density at radius 3 is 2.90 bits per heavy atom. The first-order chi connectivity index (χ1) is 13.9. The summed E-state index contributed by atoms with van der Waals surface area (Å²) in [5, 5.41) is 5.26. The summed E-state index contributed by atoms with van der Waals surface area (Å²) in [6, 6.07) is 5.16. The van der Waals surface area contributed by atoms with Crippen molar-refractivity contribution in [2.45, 2.75) is 38.1 Å². The van der Waals surface area contributed by atoms with Crippen molar-refractivity contribution in [2.24, 2.45) is 5.92 Å². The van der Waals surface area contributed by atoms with Gasteiger partial charge in [-0.1, -0.05) is 6.07 Å². The Kier molecular flexibility index (Phi) is 5.40. The summed E-state index contributed by atoms with van der Waals surface area (Å²) in [7, 11) is 0. The van der Waals surface area contributed by atoms with E-state index in [0.717, 1.165) is 17.8 Å². The normalized spacial score (nSPS) is 22.8. The van der Waals surface area contributed by atoms with Crippen LogP contribution in [0.25, 0.3) is 0 Å². The topological polar surface area (TPSA) is 110 Å². The van der Waals surface area contributed by atoms with Crippen LogP contribution >= 0.6 is 11.3 Å². The number of carbonyl (C=O) groups excluding carboxylic acids is 2. The van der Waals surface area contributed by atoms with Crippen molar-refractivity contribution in [1.29, 1.82) is 0 Å². The van der Waals surface area contributed by atoms with Gasteiger partial charge in [0.25, 0.3) is 5.56 Å². The molecule has 1 saturated heterocycles. The minimum Gasteiger partial charge on any atom is -0.375 e. The monoisotopic (exact) mass is 415 g/mol. The Labute approximate surface area is 172 Å². The summed E-state index contributed by atoms with van der Waals surface area (Å²) in [5.74, 6) is 0.238. The average molecular weight is 416 g/mol. The van der Waals surface area contributed by atoms with Crippen LogP contribution in [0.3, 0.4) is 0 Å². The van der Waals surface area contributed by atoms with Crippen LogP contribution in [0, 0.1) is 5.92 Å². The summed E-state index contributed by atoms with van der Waals surface area (Å²) >= 11 is 1.38. The highest BCUT2D eigenvalue weighted by molar-refractivity contribution is 7.13. The predicted molar refractivity (Wildman–Crippen MR) is 111 cm³/mol. The first kappa shape index (κ1) is 19.6. The third kappa shape index (κ3) is 4.05. The van der Waals surface area contributed by atoms with E-state index in [1.165, 1.54) is 18.3 Å². The Morgan fingerprint density at radius 1 is 1.34 bits per heavy atom. The average Bonchev–Trinajstić information content (AvgIpc) is 3.11. The van der Waals surface area contributed by atoms with Gasteiger partial charge in [-0.25, -0.2) is 4.98 Å². The van der Waals surface area contributed by atoms with Crippen LogP contribution in [0.5, 0.6) is 0 Å². The van der Waals surface area contributed by atoms with Crippen molar-refractivity contribution in [3.8, 4) is 0 Å². The van der Waals surface area contributed by atoms with E-state index in [1.54, 1.807) is 12.1 Å². The van der Waals surface area contributed by atoms with Crippen LogP contribution in [-0.2, 0) is 16.0 Å². The molecule has 3 atom stereocenters. The molecule has 2 bridgehead atoms. The van der Waals surface area contributed by atoms with Crippen LogP contribution < -0.4 is 16.6 Å². The molecule has 2 aliphatic rings. The van der Waals surface area contributed by atoms with E-state index in [-0.39, 0.29) is 35.3 Å². The molecular weight excluding hydrogens is 390 g/mol. The van der Waals surface area contributed by atoms with Gasteiger partial charge in [-0.15, -0.1) is 11.3 Å². The molecule has 0 aliphatic carbocycles. The number of thiazole rings is 1. The number of amides is 2. The Balaban J connectivity index is 1.53. The summed E-state index contributed by atoms with van der Waals surface area (Å²) in [5.41, 5.74) is 7.42. The number of nitrogen functional groups attached to an aromatic ring is 1. The maximum Gasteiger partial charge on any atom is 0.251 e. The fraction of sp³-hybridized carbons (Fsp3) is 0.500. The molecule has 2 aliphatic heterocycles. The molecule has 0 radical (unpaired) electrons. The molecule has 4 heterocycles. The molecule has 2 aromatic heterocycles. The molecule has 4 rings (SSSR count). The molecule has 8 nitrogen and oxygen atoms in total. The number of fused-ring (bicyclic) bond motifs is 4. The number of nitrogens with two attached hydrogens (primary N) is 1. The highest BCUT2D eigenvalue weighted by atomic mass is 32.1. The van der Waals surface area contributed by atoms with E-state index in [9.17, 15) is 14.4 Å². The molecule has 0 aromatic carbocycles. The summed E-state index contributed by atoms with van der Waals surface area (Å²) in [6.45, 7) is 3.08. The second-order valence-electron chi connectivity index (χ2n) is 7.83. The van der Waals surface area contributed by atoms with Gasteiger partial charge in [0.05, 0.1) is 11.7 Å². The van der Waals surface area contributed by atoms with E-state index in [1.807, 2.05) is 20.9 Å². The van der Waals surface area contributed by atoms with Gasteiger partial charge in [-0.05, 0) is 24.8 Å². The molecule has 1 fully saturated rings. The zero-order chi connectivity index (χ0) is 20.5. The third-order valence-corrected chi connectivity index (χ3v) is 6.60. The summed E-state index contributed by atoms with van der Waals surface area (Å²) in [4.78, 5) is 43.1. The molecule has 0 saturated carbocycles. The lowest BCUT2D eigenvalue weighted by molar-refractivity contribution is -0.134. The van der Waals surface area contributed by atoms with E-state index >= 15 is 0 Å². The maximum absolute atomic E-state index is 12.9. The third-order valence-electron chi connectivity index (χ3n) is 5.88. The summed E-state index contributed by atoms with van der Waals surface area (Å²) < 4.78 is 1.83. The van der Waals surface area contributed by atoms with Crippen LogP contribution in [0.1, 0.15) is 43.1 Å². The molecule has 3 N–H and O–H groups in total. The van der Waals surface area contributed by atoms with Crippen molar-refractivity contribution in [2.75, 3.05) is 25.4 Å². The first-order valence-electron chi connectivity index (χ1n) is 9.86. The largest absolute Gasteiger partial charge is 0.375 e. The number of aromatic nitrogens is 2. The number of nitrogens with zero attached hydrogens (tertiary/aromatic N) is 3. The zero-order valence-electron chi connectivity index (χ0n) is 16.3. The summed E-state index contributed by atoms with van der Waals surface area (Å²) in [6.07, 6.45) is 1.88. The van der Waals surface area contributed by atoms with Gasteiger partial charge in [0, 0.05) is 56.0 Å². The standard InChI is InChI=1S/C20H25N5O3S/c1-12(26)22-8-17-14-7-13(16-3-2-4-19(28)25(16)17)9-24(10-14)18(27)6-5-15-11-29-20(21)23-15/h2-4,11,13-14,17H,5-10H2,1H3,(H2,21,23)(H,22,26)/t13-,14+,17+/m1/s1. The Morgan fingerprint density at radius 2 is 2.17 bits per heavy atom. The molecule has 0 unspecified atom stereocenters. The zero-order valence-corrected chi connectivity index (χ0v) is 17.2.